The molecule has 2 aromatic rings. The standard InChI is InChI=1S/C30H35F2N3O2/c1-30(16-34-26-6-5-20(31)10-24(26)30)12-18-7-21(8-18)35(14-17-3-2-4-17)22-11-23-27-19(13-33-29(27)36)9-25(32)28(23)37-15-22/h5-6,9-10,17-18,21-22,34H,2-4,7-8,11-16H2,1H3,(H,33,36). The number of ether oxygens (including phenoxy) is 1. The zero-order chi connectivity index (χ0) is 25.3. The minimum absolute atomic E-state index is 0.0514. The Kier molecular flexibility index (Phi) is 5.50. The normalized spacial score (nSPS) is 29.9. The molecule has 5 aliphatic rings. The summed E-state index contributed by atoms with van der Waals surface area (Å²) in [5, 5.41) is 6.33. The van der Waals surface area contributed by atoms with E-state index in [-0.39, 0.29) is 34.7 Å². The van der Waals surface area contributed by atoms with Gasteiger partial charge in [-0.05, 0) is 85.8 Å². The Labute approximate surface area is 216 Å². The van der Waals surface area contributed by atoms with Gasteiger partial charge in [0.15, 0.2) is 11.6 Å². The summed E-state index contributed by atoms with van der Waals surface area (Å²) in [6.07, 6.45) is 7.80. The second-order valence-corrected chi connectivity index (χ2v) is 12.3. The number of benzene rings is 2. The molecule has 0 aromatic heterocycles. The van der Waals surface area contributed by atoms with Crippen molar-refractivity contribution in [1.82, 2.24) is 10.2 Å². The van der Waals surface area contributed by atoms with E-state index in [9.17, 15) is 13.6 Å². The van der Waals surface area contributed by atoms with Crippen LogP contribution in [0.4, 0.5) is 14.5 Å². The minimum Gasteiger partial charge on any atom is -0.489 e. The largest absolute Gasteiger partial charge is 0.489 e. The Balaban J connectivity index is 1.08. The van der Waals surface area contributed by atoms with Crippen molar-refractivity contribution < 1.29 is 18.3 Å². The molecule has 2 fully saturated rings. The summed E-state index contributed by atoms with van der Waals surface area (Å²) in [6.45, 7) is 5.02. The molecule has 7 rings (SSSR count). The van der Waals surface area contributed by atoms with E-state index in [0.717, 1.165) is 54.7 Å². The lowest BCUT2D eigenvalue weighted by Gasteiger charge is -2.50. The molecule has 2 unspecified atom stereocenters. The zero-order valence-electron chi connectivity index (χ0n) is 21.4. The summed E-state index contributed by atoms with van der Waals surface area (Å²) in [5.41, 5.74) is 4.24. The molecule has 2 N–H and O–H groups in total. The maximum absolute atomic E-state index is 14.8. The minimum atomic E-state index is -0.354. The third-order valence-electron chi connectivity index (χ3n) is 9.82. The average Bonchev–Trinajstić information content (AvgIpc) is 3.36. The number of hydrogen-bond acceptors (Lipinski definition) is 4. The van der Waals surface area contributed by atoms with Crippen LogP contribution in [-0.2, 0) is 18.4 Å². The molecular weight excluding hydrogens is 472 g/mol. The van der Waals surface area contributed by atoms with Crippen molar-refractivity contribution >= 4 is 11.6 Å². The van der Waals surface area contributed by atoms with Crippen molar-refractivity contribution in [3.05, 3.63) is 58.2 Å². The van der Waals surface area contributed by atoms with Crippen molar-refractivity contribution in [3.63, 3.8) is 0 Å². The lowest BCUT2D eigenvalue weighted by Crippen LogP contribution is -2.56. The number of halogens is 2. The number of hydrogen-bond donors (Lipinski definition) is 2. The van der Waals surface area contributed by atoms with Gasteiger partial charge in [-0.15, -0.1) is 0 Å². The summed E-state index contributed by atoms with van der Waals surface area (Å²) in [4.78, 5) is 15.2. The van der Waals surface area contributed by atoms with Crippen LogP contribution in [0, 0.1) is 23.5 Å². The summed E-state index contributed by atoms with van der Waals surface area (Å²) in [6, 6.07) is 7.18. The number of amides is 1. The molecule has 2 atom stereocenters. The van der Waals surface area contributed by atoms with Crippen LogP contribution < -0.4 is 15.4 Å². The molecule has 3 heterocycles. The lowest BCUT2D eigenvalue weighted by atomic mass is 9.67. The van der Waals surface area contributed by atoms with Gasteiger partial charge in [0, 0.05) is 48.4 Å². The summed E-state index contributed by atoms with van der Waals surface area (Å²) in [5.74, 6) is 0.955. The van der Waals surface area contributed by atoms with E-state index < -0.39 is 0 Å². The Bertz CT molecular complexity index is 1260. The Hall–Kier alpha value is -2.67. The van der Waals surface area contributed by atoms with E-state index in [1.165, 1.54) is 31.4 Å². The first kappa shape index (κ1) is 23.4. The highest BCUT2D eigenvalue weighted by molar-refractivity contribution is 6.00. The highest BCUT2D eigenvalue weighted by atomic mass is 19.1. The third kappa shape index (κ3) is 3.92. The van der Waals surface area contributed by atoms with Gasteiger partial charge in [-0.3, -0.25) is 9.69 Å². The maximum atomic E-state index is 14.8. The van der Waals surface area contributed by atoms with E-state index in [4.69, 9.17) is 4.74 Å². The topological polar surface area (TPSA) is 53.6 Å². The van der Waals surface area contributed by atoms with Crippen molar-refractivity contribution in [2.45, 2.75) is 75.9 Å². The molecule has 0 saturated heterocycles. The molecule has 0 spiro atoms. The molecule has 3 aliphatic heterocycles. The van der Waals surface area contributed by atoms with Crippen LogP contribution in [-0.4, -0.2) is 42.6 Å². The molecule has 37 heavy (non-hydrogen) atoms. The molecule has 2 aromatic carbocycles. The van der Waals surface area contributed by atoms with Crippen molar-refractivity contribution in [1.29, 1.82) is 0 Å². The molecule has 2 saturated carbocycles. The number of nitrogens with zero attached hydrogens (tertiary/aromatic N) is 1. The van der Waals surface area contributed by atoms with Gasteiger partial charge in [-0.2, -0.15) is 0 Å². The van der Waals surface area contributed by atoms with Crippen LogP contribution in [0.3, 0.4) is 0 Å². The van der Waals surface area contributed by atoms with Crippen LogP contribution in [0.2, 0.25) is 0 Å². The highest BCUT2D eigenvalue weighted by Crippen LogP contribution is 2.48. The quantitative estimate of drug-likeness (QED) is 0.567. The smallest absolute Gasteiger partial charge is 0.252 e. The van der Waals surface area contributed by atoms with Gasteiger partial charge >= 0.3 is 0 Å². The first-order chi connectivity index (χ1) is 17.9. The number of carbonyl (C=O) groups is 1. The molecule has 0 bridgehead atoms. The summed E-state index contributed by atoms with van der Waals surface area (Å²) in [7, 11) is 0. The SMILES string of the molecule is CC1(CC2CC(N(CC3CCC3)C3COc4c(F)cc5c(c4C3)C(=O)NC5)C2)CNc2ccc(F)cc21. The van der Waals surface area contributed by atoms with Crippen LogP contribution in [0.15, 0.2) is 24.3 Å². The van der Waals surface area contributed by atoms with E-state index >= 15 is 0 Å². The fourth-order valence-electron chi connectivity index (χ4n) is 7.55. The van der Waals surface area contributed by atoms with Crippen molar-refractivity contribution in [2.75, 3.05) is 25.0 Å². The summed E-state index contributed by atoms with van der Waals surface area (Å²) >= 11 is 0. The molecule has 1 amide bonds. The van der Waals surface area contributed by atoms with Gasteiger partial charge in [0.25, 0.3) is 5.91 Å². The number of carbonyl (C=O) groups excluding carboxylic acids is 1. The number of fused-ring (bicyclic) bond motifs is 4. The van der Waals surface area contributed by atoms with Gasteiger partial charge in [-0.25, -0.2) is 8.78 Å². The Morgan fingerprint density at radius 3 is 2.73 bits per heavy atom. The molecule has 5 nitrogen and oxygen atoms in total. The number of rotatable bonds is 6. The van der Waals surface area contributed by atoms with Gasteiger partial charge < -0.3 is 15.4 Å². The predicted molar refractivity (Wildman–Crippen MR) is 138 cm³/mol. The first-order valence-electron chi connectivity index (χ1n) is 13.9. The van der Waals surface area contributed by atoms with Gasteiger partial charge in [0.1, 0.15) is 12.4 Å². The van der Waals surface area contributed by atoms with Crippen LogP contribution in [0.25, 0.3) is 0 Å². The second-order valence-electron chi connectivity index (χ2n) is 12.3. The molecule has 0 radical (unpaired) electrons. The predicted octanol–water partition coefficient (Wildman–Crippen LogP) is 5.17. The third-order valence-corrected chi connectivity index (χ3v) is 9.82. The zero-order valence-corrected chi connectivity index (χ0v) is 21.4. The Morgan fingerprint density at radius 1 is 1.11 bits per heavy atom. The average molecular weight is 508 g/mol. The summed E-state index contributed by atoms with van der Waals surface area (Å²) < 4.78 is 34.8. The van der Waals surface area contributed by atoms with Crippen LogP contribution in [0.1, 0.15) is 72.5 Å². The second kappa shape index (κ2) is 8.69. The highest BCUT2D eigenvalue weighted by Gasteiger charge is 2.45. The van der Waals surface area contributed by atoms with Gasteiger partial charge in [-0.1, -0.05) is 13.3 Å². The van der Waals surface area contributed by atoms with E-state index in [0.29, 0.717) is 43.0 Å². The van der Waals surface area contributed by atoms with Crippen LogP contribution in [0.5, 0.6) is 5.75 Å². The fraction of sp³-hybridized carbons (Fsp3) is 0.567. The van der Waals surface area contributed by atoms with Gasteiger partial charge in [0.2, 0.25) is 0 Å². The van der Waals surface area contributed by atoms with E-state index in [1.807, 2.05) is 6.07 Å². The molecule has 196 valence electrons. The number of anilines is 1. The van der Waals surface area contributed by atoms with E-state index in [2.05, 4.69) is 22.5 Å². The first-order valence-corrected chi connectivity index (χ1v) is 13.9. The lowest BCUT2D eigenvalue weighted by molar-refractivity contribution is -0.00914. The van der Waals surface area contributed by atoms with Crippen molar-refractivity contribution in [3.8, 4) is 5.75 Å². The van der Waals surface area contributed by atoms with E-state index in [1.54, 1.807) is 6.07 Å². The van der Waals surface area contributed by atoms with Gasteiger partial charge in [0.05, 0.1) is 5.56 Å². The van der Waals surface area contributed by atoms with Crippen LogP contribution >= 0.6 is 0 Å². The fourth-order valence-corrected chi connectivity index (χ4v) is 7.55. The number of nitrogens with one attached hydrogen (secondary N) is 2. The Morgan fingerprint density at radius 2 is 1.95 bits per heavy atom. The molecule has 7 heteroatoms. The van der Waals surface area contributed by atoms with Crippen molar-refractivity contribution in [2.24, 2.45) is 11.8 Å². The maximum Gasteiger partial charge on any atom is 0.252 e. The monoisotopic (exact) mass is 507 g/mol. The molecular formula is C30H35F2N3O2. The molecule has 2 aliphatic carbocycles.